The van der Waals surface area contributed by atoms with Crippen molar-refractivity contribution < 1.29 is 9.13 Å². The van der Waals surface area contributed by atoms with E-state index in [4.69, 9.17) is 16.3 Å². The van der Waals surface area contributed by atoms with Crippen LogP contribution in [0.25, 0.3) is 22.0 Å². The van der Waals surface area contributed by atoms with E-state index in [1.54, 1.807) is 0 Å². The normalized spacial score (nSPS) is 15.2. The smallest absolute Gasteiger partial charge is 0.225 e. The Balaban J connectivity index is 1.70. The van der Waals surface area contributed by atoms with E-state index in [0.717, 1.165) is 40.8 Å². The highest BCUT2D eigenvalue weighted by molar-refractivity contribution is 6.35. The van der Waals surface area contributed by atoms with E-state index < -0.39 is 6.67 Å². The molecule has 6 nitrogen and oxygen atoms in total. The lowest BCUT2D eigenvalue weighted by molar-refractivity contribution is 0.122. The minimum Gasteiger partial charge on any atom is -0.378 e. The van der Waals surface area contributed by atoms with Crippen molar-refractivity contribution in [2.45, 2.75) is 19.9 Å². The van der Waals surface area contributed by atoms with Gasteiger partial charge in [0.15, 0.2) is 0 Å². The molecule has 1 unspecified atom stereocenters. The first kappa shape index (κ1) is 21.5. The molecular weight excluding hydrogens is 417 g/mol. The molecule has 0 spiro atoms. The van der Waals surface area contributed by atoms with Crippen LogP contribution in [0.5, 0.6) is 0 Å². The fraction of sp³-hybridized carbons (Fsp3) is 0.348. The van der Waals surface area contributed by atoms with Crippen molar-refractivity contribution >= 4 is 34.1 Å². The maximum atomic E-state index is 13.1. The van der Waals surface area contributed by atoms with Gasteiger partial charge in [0.25, 0.3) is 0 Å². The fourth-order valence-electron chi connectivity index (χ4n) is 3.51. The Morgan fingerprint density at radius 1 is 1.26 bits per heavy atom. The molecule has 0 amide bonds. The molecular formula is C23H25ClFN5O. The van der Waals surface area contributed by atoms with Crippen molar-refractivity contribution in [3.05, 3.63) is 53.5 Å². The number of hydrogen-bond acceptors (Lipinski definition) is 6. The first-order chi connectivity index (χ1) is 15.0. The molecule has 0 saturated carbocycles. The van der Waals surface area contributed by atoms with E-state index in [1.165, 1.54) is 0 Å². The van der Waals surface area contributed by atoms with Gasteiger partial charge in [0, 0.05) is 42.5 Å². The topological polar surface area (TPSA) is 63.2 Å². The van der Waals surface area contributed by atoms with Crippen molar-refractivity contribution in [3.63, 3.8) is 0 Å². The van der Waals surface area contributed by atoms with Crippen LogP contribution in [0, 0.1) is 6.92 Å². The summed E-state index contributed by atoms with van der Waals surface area (Å²) in [6, 6.07) is 5.67. The van der Waals surface area contributed by atoms with Gasteiger partial charge in [-0.3, -0.25) is 4.98 Å². The summed E-state index contributed by atoms with van der Waals surface area (Å²) in [6.07, 6.45) is 3.64. The number of aromatic nitrogens is 3. The first-order valence-electron chi connectivity index (χ1n) is 10.2. The number of alkyl halides is 1. The molecule has 0 aliphatic carbocycles. The number of nitrogens with zero attached hydrogens (tertiary/aromatic N) is 4. The number of rotatable bonds is 6. The highest BCUT2D eigenvalue weighted by atomic mass is 35.5. The van der Waals surface area contributed by atoms with Gasteiger partial charge in [-0.1, -0.05) is 24.2 Å². The summed E-state index contributed by atoms with van der Waals surface area (Å²) in [5.41, 5.74) is 4.53. The number of aryl methyl sites for hydroxylation is 1. The van der Waals surface area contributed by atoms with Crippen LogP contribution >= 0.6 is 11.6 Å². The van der Waals surface area contributed by atoms with Crippen LogP contribution in [-0.2, 0) is 4.74 Å². The number of fused-ring (bicyclic) bond motifs is 1. The molecule has 1 saturated heterocycles. The number of benzene rings is 1. The van der Waals surface area contributed by atoms with Crippen molar-refractivity contribution in [1.29, 1.82) is 0 Å². The minimum atomic E-state index is -0.591. The van der Waals surface area contributed by atoms with Crippen molar-refractivity contribution in [1.82, 2.24) is 15.0 Å². The number of hydrogen-bond donors (Lipinski definition) is 1. The van der Waals surface area contributed by atoms with Gasteiger partial charge in [0.1, 0.15) is 6.67 Å². The highest BCUT2D eigenvalue weighted by Crippen LogP contribution is 2.35. The monoisotopic (exact) mass is 441 g/mol. The number of pyridine rings is 1. The number of anilines is 2. The Morgan fingerprint density at radius 2 is 1.97 bits per heavy atom. The van der Waals surface area contributed by atoms with Crippen LogP contribution < -0.4 is 10.2 Å². The lowest BCUT2D eigenvalue weighted by Crippen LogP contribution is -2.37. The Kier molecular flexibility index (Phi) is 6.34. The lowest BCUT2D eigenvalue weighted by Gasteiger charge is -2.26. The van der Waals surface area contributed by atoms with E-state index in [1.807, 2.05) is 44.4 Å². The van der Waals surface area contributed by atoms with Gasteiger partial charge in [0.2, 0.25) is 5.95 Å². The SMILES string of the molecule is C=C(CF)C(C)Nc1c(Cl)c(C)nc2ccc(-c3cnc(N4CCOCC4)nc3)cc12. The zero-order valence-corrected chi connectivity index (χ0v) is 18.4. The van der Waals surface area contributed by atoms with Gasteiger partial charge in [-0.15, -0.1) is 0 Å². The maximum absolute atomic E-state index is 13.1. The fourth-order valence-corrected chi connectivity index (χ4v) is 3.71. The number of ether oxygens (including phenoxy) is 1. The van der Waals surface area contributed by atoms with Gasteiger partial charge in [-0.25, -0.2) is 14.4 Å². The molecule has 162 valence electrons. The molecule has 1 aliphatic rings. The summed E-state index contributed by atoms with van der Waals surface area (Å²) >= 11 is 6.58. The number of halogens is 2. The molecule has 31 heavy (non-hydrogen) atoms. The quantitative estimate of drug-likeness (QED) is 0.553. The molecule has 1 fully saturated rings. The summed E-state index contributed by atoms with van der Waals surface area (Å²) in [4.78, 5) is 15.8. The molecule has 2 aromatic heterocycles. The van der Waals surface area contributed by atoms with Crippen LogP contribution in [-0.4, -0.2) is 54.0 Å². The summed E-state index contributed by atoms with van der Waals surface area (Å²) in [5.74, 6) is 0.703. The molecule has 1 atom stereocenters. The summed E-state index contributed by atoms with van der Waals surface area (Å²) in [6.45, 7) is 9.86. The van der Waals surface area contributed by atoms with Gasteiger partial charge in [0.05, 0.1) is 35.1 Å². The second kappa shape index (κ2) is 9.16. The van der Waals surface area contributed by atoms with Gasteiger partial charge in [-0.05, 0) is 37.1 Å². The van der Waals surface area contributed by atoms with Crippen LogP contribution in [0.15, 0.2) is 42.7 Å². The van der Waals surface area contributed by atoms with E-state index in [2.05, 4.69) is 31.7 Å². The average Bonchev–Trinajstić information content (AvgIpc) is 2.81. The zero-order chi connectivity index (χ0) is 22.0. The Hall–Kier alpha value is -2.77. The zero-order valence-electron chi connectivity index (χ0n) is 17.7. The summed E-state index contributed by atoms with van der Waals surface area (Å²) in [7, 11) is 0. The van der Waals surface area contributed by atoms with Crippen molar-refractivity contribution in [3.8, 4) is 11.1 Å². The maximum Gasteiger partial charge on any atom is 0.225 e. The lowest BCUT2D eigenvalue weighted by atomic mass is 10.0. The summed E-state index contributed by atoms with van der Waals surface area (Å²) in [5, 5.41) is 4.68. The molecule has 1 N–H and O–H groups in total. The van der Waals surface area contributed by atoms with E-state index in [0.29, 0.717) is 35.5 Å². The van der Waals surface area contributed by atoms with Crippen LogP contribution in [0.3, 0.4) is 0 Å². The minimum absolute atomic E-state index is 0.271. The third kappa shape index (κ3) is 4.48. The van der Waals surface area contributed by atoms with E-state index >= 15 is 0 Å². The first-order valence-corrected chi connectivity index (χ1v) is 10.6. The van der Waals surface area contributed by atoms with Crippen molar-refractivity contribution in [2.75, 3.05) is 43.2 Å². The van der Waals surface area contributed by atoms with E-state index in [-0.39, 0.29) is 6.04 Å². The summed E-state index contributed by atoms with van der Waals surface area (Å²) < 4.78 is 18.5. The molecule has 1 aromatic carbocycles. The molecule has 4 rings (SSSR count). The van der Waals surface area contributed by atoms with Gasteiger partial charge < -0.3 is 15.0 Å². The third-order valence-corrected chi connectivity index (χ3v) is 5.96. The molecule has 8 heteroatoms. The Labute approximate surface area is 186 Å². The predicted molar refractivity (Wildman–Crippen MR) is 124 cm³/mol. The number of morpholine rings is 1. The van der Waals surface area contributed by atoms with Crippen LogP contribution in [0.2, 0.25) is 5.02 Å². The second-order valence-corrected chi connectivity index (χ2v) is 8.03. The second-order valence-electron chi connectivity index (χ2n) is 7.65. The third-order valence-electron chi connectivity index (χ3n) is 5.50. The van der Waals surface area contributed by atoms with Gasteiger partial charge in [-0.2, -0.15) is 0 Å². The number of nitrogens with one attached hydrogen (secondary N) is 1. The average molecular weight is 442 g/mol. The molecule has 0 radical (unpaired) electrons. The molecule has 3 aromatic rings. The van der Waals surface area contributed by atoms with Crippen molar-refractivity contribution in [2.24, 2.45) is 0 Å². The molecule has 1 aliphatic heterocycles. The van der Waals surface area contributed by atoms with Gasteiger partial charge >= 0.3 is 0 Å². The Morgan fingerprint density at radius 3 is 2.65 bits per heavy atom. The largest absolute Gasteiger partial charge is 0.378 e. The Bertz CT molecular complexity index is 1100. The predicted octanol–water partition coefficient (Wildman–Crippen LogP) is 4.82. The van der Waals surface area contributed by atoms with Crippen LogP contribution in [0.4, 0.5) is 16.0 Å². The molecule has 3 heterocycles. The highest BCUT2D eigenvalue weighted by Gasteiger charge is 2.17. The molecule has 0 bridgehead atoms. The van der Waals surface area contributed by atoms with Crippen LogP contribution in [0.1, 0.15) is 12.6 Å². The standard InChI is InChI=1S/C23H25ClFN5O/c1-14(11-25)15(2)29-22-19-10-17(4-5-20(19)28-16(3)21(22)24)18-12-26-23(27-13-18)30-6-8-31-9-7-30/h4-5,10,12-13,15H,1,6-9,11H2,2-3H3,(H,28,29). The van der Waals surface area contributed by atoms with E-state index in [9.17, 15) is 4.39 Å².